The predicted octanol–water partition coefficient (Wildman–Crippen LogP) is 5.05. The average molecular weight is 346 g/mol. The fraction of sp³-hybridized carbons (Fsp3) is 0.682. The predicted molar refractivity (Wildman–Crippen MR) is 103 cm³/mol. The van der Waals surface area contributed by atoms with Crippen molar-refractivity contribution >= 4 is 5.91 Å². The molecule has 1 aromatic carbocycles. The van der Waals surface area contributed by atoms with Crippen LogP contribution >= 0.6 is 0 Å². The van der Waals surface area contributed by atoms with Crippen LogP contribution in [-0.2, 0) is 16.1 Å². The van der Waals surface area contributed by atoms with Crippen LogP contribution in [0, 0.1) is 11.3 Å². The molecule has 0 N–H and O–H groups in total. The van der Waals surface area contributed by atoms with E-state index in [1.807, 2.05) is 23.1 Å². The van der Waals surface area contributed by atoms with Crippen molar-refractivity contribution in [3.63, 3.8) is 0 Å². The molecule has 0 saturated carbocycles. The maximum Gasteiger partial charge on any atom is 0.219 e. The van der Waals surface area contributed by atoms with E-state index in [0.717, 1.165) is 38.8 Å². The minimum Gasteiger partial charge on any atom is -0.375 e. The van der Waals surface area contributed by atoms with E-state index in [1.165, 1.54) is 5.56 Å². The van der Waals surface area contributed by atoms with Gasteiger partial charge in [-0.25, -0.2) is 0 Å². The Hall–Kier alpha value is -1.35. The lowest BCUT2D eigenvalue weighted by atomic mass is 9.64. The highest BCUT2D eigenvalue weighted by Gasteiger charge is 2.44. The minimum atomic E-state index is -0.0248. The molecule has 2 atom stereocenters. The van der Waals surface area contributed by atoms with Crippen LogP contribution < -0.4 is 0 Å². The first-order valence-corrected chi connectivity index (χ1v) is 9.74. The first kappa shape index (κ1) is 20.0. The Morgan fingerprint density at radius 1 is 1.28 bits per heavy atom. The summed E-state index contributed by atoms with van der Waals surface area (Å²) in [5, 5.41) is 0. The van der Waals surface area contributed by atoms with Crippen molar-refractivity contribution in [1.82, 2.24) is 4.90 Å². The van der Waals surface area contributed by atoms with Crippen LogP contribution in [0.4, 0.5) is 0 Å². The molecule has 2 rings (SSSR count). The van der Waals surface area contributed by atoms with Gasteiger partial charge in [0.05, 0.1) is 5.60 Å². The summed E-state index contributed by atoms with van der Waals surface area (Å²) in [6, 6.07) is 10.3. The average Bonchev–Trinajstić information content (AvgIpc) is 2.59. The second kappa shape index (κ2) is 8.35. The van der Waals surface area contributed by atoms with Crippen LogP contribution in [0.25, 0.3) is 0 Å². The Morgan fingerprint density at radius 2 is 1.96 bits per heavy atom. The summed E-state index contributed by atoms with van der Waals surface area (Å²) >= 11 is 0. The number of carbonyl (C=O) groups is 1. The molecule has 1 fully saturated rings. The van der Waals surface area contributed by atoms with E-state index in [1.54, 1.807) is 6.92 Å². The number of benzene rings is 1. The van der Waals surface area contributed by atoms with Crippen LogP contribution in [0.2, 0.25) is 0 Å². The number of carbonyl (C=O) groups excluding carboxylic acids is 1. The molecule has 0 bridgehead atoms. The van der Waals surface area contributed by atoms with Crippen molar-refractivity contribution in [3.8, 4) is 0 Å². The van der Waals surface area contributed by atoms with E-state index in [-0.39, 0.29) is 16.9 Å². The number of ether oxygens (including phenoxy) is 1. The molecule has 25 heavy (non-hydrogen) atoms. The van der Waals surface area contributed by atoms with Gasteiger partial charge in [0.2, 0.25) is 5.91 Å². The highest BCUT2D eigenvalue weighted by Crippen LogP contribution is 2.48. The zero-order chi connectivity index (χ0) is 18.5. The lowest BCUT2D eigenvalue weighted by Gasteiger charge is -2.49. The van der Waals surface area contributed by atoms with Gasteiger partial charge >= 0.3 is 0 Å². The first-order chi connectivity index (χ1) is 11.8. The van der Waals surface area contributed by atoms with Gasteiger partial charge in [-0.2, -0.15) is 0 Å². The number of hydrogen-bond donors (Lipinski definition) is 0. The molecule has 1 amide bonds. The molecule has 0 aliphatic carbocycles. The van der Waals surface area contributed by atoms with Gasteiger partial charge < -0.3 is 9.64 Å². The minimum absolute atomic E-state index is 0.0248. The van der Waals surface area contributed by atoms with Crippen molar-refractivity contribution < 1.29 is 9.53 Å². The van der Waals surface area contributed by atoms with E-state index in [4.69, 9.17) is 4.74 Å². The monoisotopic (exact) mass is 345 g/mol. The maximum absolute atomic E-state index is 12.2. The largest absolute Gasteiger partial charge is 0.375 e. The van der Waals surface area contributed by atoms with Crippen molar-refractivity contribution in [1.29, 1.82) is 0 Å². The Morgan fingerprint density at radius 3 is 2.52 bits per heavy atom. The summed E-state index contributed by atoms with van der Waals surface area (Å²) in [5.74, 6) is 0.751. The van der Waals surface area contributed by atoms with Crippen molar-refractivity contribution in [2.45, 2.75) is 72.4 Å². The number of amides is 1. The molecule has 140 valence electrons. The smallest absolute Gasteiger partial charge is 0.219 e. The molecule has 0 radical (unpaired) electrons. The standard InChI is InChI=1S/C22H35NO2/c1-6-21(5)17-22(18(2)3,13-15-25-21)12-14-23(19(4)24)16-20-10-8-7-9-11-20/h7-11,18H,6,12-17H2,1-5H3/t21-,22+/m0/s1. The summed E-state index contributed by atoms with van der Waals surface area (Å²) < 4.78 is 6.09. The molecule has 3 heteroatoms. The molecule has 0 unspecified atom stereocenters. The first-order valence-electron chi connectivity index (χ1n) is 9.74. The van der Waals surface area contributed by atoms with E-state index in [0.29, 0.717) is 12.5 Å². The molecular weight excluding hydrogens is 310 g/mol. The molecular formula is C22H35NO2. The lowest BCUT2D eigenvalue weighted by molar-refractivity contribution is -0.139. The Kier molecular flexibility index (Phi) is 6.67. The lowest BCUT2D eigenvalue weighted by Crippen LogP contribution is -2.47. The topological polar surface area (TPSA) is 29.5 Å². The summed E-state index contributed by atoms with van der Waals surface area (Å²) in [6.45, 7) is 13.2. The van der Waals surface area contributed by atoms with E-state index >= 15 is 0 Å². The van der Waals surface area contributed by atoms with Crippen molar-refractivity contribution in [2.75, 3.05) is 13.2 Å². The summed E-state index contributed by atoms with van der Waals surface area (Å²) in [6.07, 6.45) is 4.28. The second-order valence-electron chi connectivity index (χ2n) is 8.27. The van der Waals surface area contributed by atoms with Crippen molar-refractivity contribution in [3.05, 3.63) is 35.9 Å². The normalized spacial score (nSPS) is 26.6. The molecule has 0 spiro atoms. The quantitative estimate of drug-likeness (QED) is 0.692. The Labute approximate surface area is 153 Å². The number of rotatable bonds is 7. The third-order valence-corrected chi connectivity index (χ3v) is 6.29. The van der Waals surface area contributed by atoms with Gasteiger partial charge in [0.25, 0.3) is 0 Å². The van der Waals surface area contributed by atoms with Gasteiger partial charge in [-0.15, -0.1) is 0 Å². The van der Waals surface area contributed by atoms with Gasteiger partial charge in [0.15, 0.2) is 0 Å². The fourth-order valence-electron chi connectivity index (χ4n) is 4.12. The molecule has 1 aliphatic heterocycles. The van der Waals surface area contributed by atoms with Gasteiger partial charge in [0, 0.05) is 26.6 Å². The molecule has 3 nitrogen and oxygen atoms in total. The van der Waals surface area contributed by atoms with Crippen LogP contribution in [0.3, 0.4) is 0 Å². The Balaban J connectivity index is 2.09. The van der Waals surface area contributed by atoms with Gasteiger partial charge in [-0.05, 0) is 49.5 Å². The van der Waals surface area contributed by atoms with Gasteiger partial charge in [-0.1, -0.05) is 51.1 Å². The molecule has 1 aliphatic rings. The van der Waals surface area contributed by atoms with Crippen LogP contribution in [0.1, 0.15) is 65.9 Å². The highest BCUT2D eigenvalue weighted by molar-refractivity contribution is 5.73. The van der Waals surface area contributed by atoms with E-state index < -0.39 is 0 Å². The third-order valence-electron chi connectivity index (χ3n) is 6.29. The SMILES string of the molecule is CC[C@@]1(C)C[C@](CCN(Cc2ccccc2)C(C)=O)(C(C)C)CCO1. The molecule has 1 aromatic rings. The summed E-state index contributed by atoms with van der Waals surface area (Å²) in [5.41, 5.74) is 1.43. The molecule has 1 saturated heterocycles. The number of nitrogens with zero attached hydrogens (tertiary/aromatic N) is 1. The molecule has 1 heterocycles. The van der Waals surface area contributed by atoms with Crippen LogP contribution in [0.15, 0.2) is 30.3 Å². The van der Waals surface area contributed by atoms with Crippen LogP contribution in [0.5, 0.6) is 0 Å². The Bertz CT molecular complexity index is 556. The van der Waals surface area contributed by atoms with Gasteiger partial charge in [0.1, 0.15) is 0 Å². The van der Waals surface area contributed by atoms with E-state index in [9.17, 15) is 4.79 Å². The van der Waals surface area contributed by atoms with E-state index in [2.05, 4.69) is 39.8 Å². The summed E-state index contributed by atoms with van der Waals surface area (Å²) in [4.78, 5) is 14.2. The highest BCUT2D eigenvalue weighted by atomic mass is 16.5. The third kappa shape index (κ3) is 5.07. The van der Waals surface area contributed by atoms with Crippen molar-refractivity contribution in [2.24, 2.45) is 11.3 Å². The number of hydrogen-bond acceptors (Lipinski definition) is 2. The van der Waals surface area contributed by atoms with Crippen LogP contribution in [-0.4, -0.2) is 29.6 Å². The zero-order valence-electron chi connectivity index (χ0n) is 16.7. The maximum atomic E-state index is 12.2. The second-order valence-corrected chi connectivity index (χ2v) is 8.27. The molecule has 0 aromatic heterocycles. The summed E-state index contributed by atoms with van der Waals surface area (Å²) in [7, 11) is 0. The van der Waals surface area contributed by atoms with Gasteiger partial charge in [-0.3, -0.25) is 4.79 Å². The zero-order valence-corrected chi connectivity index (χ0v) is 16.7. The fourth-order valence-corrected chi connectivity index (χ4v) is 4.12.